The fourth-order valence-electron chi connectivity index (χ4n) is 0. The van der Waals surface area contributed by atoms with Crippen LogP contribution in [0, 0.1) is 0 Å². The van der Waals surface area contributed by atoms with Gasteiger partial charge in [0.1, 0.15) is 10.5 Å². The quantitative estimate of drug-likeness (QED) is 0.426. The smallest absolute Gasteiger partial charge is 0.141 e. The summed E-state index contributed by atoms with van der Waals surface area (Å²) in [7, 11) is 0.306. The highest BCUT2D eigenvalue weighted by atomic mass is 28.2. The molecule has 0 unspecified atom stereocenters. The fraction of sp³-hybridized carbons (Fsp3) is 1.00. The van der Waals surface area contributed by atoms with E-state index in [1.807, 2.05) is 0 Å². The summed E-state index contributed by atoms with van der Waals surface area (Å²) in [6.07, 6.45) is 0. The molecule has 0 aromatic carbocycles. The van der Waals surface area contributed by atoms with Crippen LogP contribution in [0.1, 0.15) is 22.3 Å². The molecule has 0 aliphatic carbocycles. The summed E-state index contributed by atoms with van der Waals surface area (Å²) in [6, 6.07) is 0. The Labute approximate surface area is 38.6 Å². The molecule has 0 radical (unpaired) electrons. The van der Waals surface area contributed by atoms with E-state index in [1.165, 1.54) is 0 Å². The van der Waals surface area contributed by atoms with Crippen LogP contribution < -0.4 is 0 Å². The first-order chi connectivity index (χ1) is 1.00. The van der Waals surface area contributed by atoms with Crippen molar-refractivity contribution in [1.82, 2.24) is 0 Å². The van der Waals surface area contributed by atoms with E-state index in [-0.39, 0.29) is 22.3 Å². The molecule has 0 spiro atoms. The second kappa shape index (κ2) is 1350. The van der Waals surface area contributed by atoms with E-state index < -0.39 is 0 Å². The van der Waals surface area contributed by atoms with E-state index in [4.69, 9.17) is 4.80 Å². The Morgan fingerprint density at radius 2 is 0.800 bits per heavy atom. The minimum Gasteiger partial charge on any atom is -0.442 e. The molecule has 0 aliphatic rings. The van der Waals surface area contributed by atoms with Crippen LogP contribution in [-0.4, -0.2) is 15.3 Å². The molecule has 0 rings (SSSR count). The molecule has 0 aliphatic heterocycles. The van der Waals surface area contributed by atoms with Crippen molar-refractivity contribution in [2.24, 2.45) is 0 Å². The summed E-state index contributed by atoms with van der Waals surface area (Å²) in [4.78, 5) is 7.14. The van der Waals surface area contributed by atoms with Crippen molar-refractivity contribution in [3.63, 3.8) is 0 Å². The van der Waals surface area contributed by atoms with Crippen LogP contribution in [0.4, 0.5) is 0 Å². The van der Waals surface area contributed by atoms with E-state index in [9.17, 15) is 0 Å². The van der Waals surface area contributed by atoms with Crippen LogP contribution in [0.15, 0.2) is 0 Å². The van der Waals surface area contributed by atoms with Crippen molar-refractivity contribution in [3.8, 4) is 0 Å². The van der Waals surface area contributed by atoms with E-state index in [0.717, 1.165) is 0 Å². The minimum atomic E-state index is 0. The zero-order chi connectivity index (χ0) is 2.00. The normalized spacial score (nSPS) is 1.80. The van der Waals surface area contributed by atoms with Crippen LogP contribution in [0.3, 0.4) is 0 Å². The van der Waals surface area contributed by atoms with Gasteiger partial charge in [0.2, 0.25) is 0 Å². The Bertz CT molecular complexity index is 6.85. The van der Waals surface area contributed by atoms with E-state index >= 15 is 0 Å². The second-order valence-corrected chi connectivity index (χ2v) is 0. The van der Waals surface area contributed by atoms with Gasteiger partial charge in [0.15, 0.2) is 0 Å². The van der Waals surface area contributed by atoms with E-state index in [0.29, 0.717) is 10.5 Å². The predicted octanol–water partition coefficient (Wildman–Crippen LogP) is 0.167. The molecule has 0 aromatic rings. The minimum absolute atomic E-state index is 0. The lowest BCUT2D eigenvalue weighted by Crippen LogP contribution is -1.34. The number of hydrogen-bond donors (Lipinski definition) is 1. The maximum atomic E-state index is 7.14. The summed E-state index contributed by atoms with van der Waals surface area (Å²) in [6.45, 7) is 0. The van der Waals surface area contributed by atoms with Gasteiger partial charge in [-0.1, -0.05) is 22.3 Å². The molecule has 0 fully saturated rings. The van der Waals surface area contributed by atoms with E-state index in [1.54, 1.807) is 0 Å². The third-order valence-corrected chi connectivity index (χ3v) is 0. The lowest BCUT2D eigenvalue weighted by molar-refractivity contribution is 0.629. The topological polar surface area (TPSA) is 20.2 Å². The highest BCUT2D eigenvalue weighted by Gasteiger charge is 0.891. The van der Waals surface area contributed by atoms with Crippen LogP contribution in [-0.2, 0) is 0 Å². The molecule has 0 aromatic heterocycles. The molecule has 0 heterocycles. The summed E-state index contributed by atoms with van der Waals surface area (Å²) >= 11 is 0. The van der Waals surface area contributed by atoms with Gasteiger partial charge >= 0.3 is 0 Å². The number of hydrogen-bond acceptors (Lipinski definition) is 1. The lowest BCUT2D eigenvalue weighted by atomic mass is 12.0. The van der Waals surface area contributed by atoms with Crippen LogP contribution in [0.5, 0.6) is 0 Å². The first-order valence-electron chi connectivity index (χ1n) is 0.447. The summed E-state index contributed by atoms with van der Waals surface area (Å²) in [5, 5.41) is 0. The lowest BCUT2D eigenvalue weighted by Gasteiger charge is -1.19. The van der Waals surface area contributed by atoms with Gasteiger partial charge in [-0.3, -0.25) is 0 Å². The standard InChI is InChI=1S/3CH4.H4OSi/c;;;1-2/h3*1H4;1H,2H3. The van der Waals surface area contributed by atoms with Gasteiger partial charge in [0.25, 0.3) is 0 Å². The van der Waals surface area contributed by atoms with Crippen molar-refractivity contribution in [2.45, 2.75) is 22.3 Å². The highest BCUT2D eigenvalue weighted by molar-refractivity contribution is 5.95. The molecular formula is C3H16OSi. The third kappa shape index (κ3) is 633. The first-order valence-corrected chi connectivity index (χ1v) is 1.34. The Kier molecular flexibility index (Phi) is 17600. The first kappa shape index (κ1) is 65.2. The van der Waals surface area contributed by atoms with Gasteiger partial charge < -0.3 is 4.80 Å². The average Bonchev–Trinajstić information content (AvgIpc) is 1.00. The fourth-order valence-corrected chi connectivity index (χ4v) is 0. The molecule has 5 heavy (non-hydrogen) atoms. The summed E-state index contributed by atoms with van der Waals surface area (Å²) < 4.78 is 0. The van der Waals surface area contributed by atoms with E-state index in [2.05, 4.69) is 0 Å². The Hall–Kier alpha value is 0.177. The third-order valence-electron chi connectivity index (χ3n) is 0. The molecular weight excluding hydrogens is 80.1 g/mol. The molecule has 2 heteroatoms. The zero-order valence-electron chi connectivity index (χ0n) is 1.45. The van der Waals surface area contributed by atoms with Crippen LogP contribution >= 0.6 is 0 Å². The van der Waals surface area contributed by atoms with Crippen LogP contribution in [0.25, 0.3) is 0 Å². The van der Waals surface area contributed by atoms with Crippen molar-refractivity contribution >= 4 is 10.5 Å². The van der Waals surface area contributed by atoms with Gasteiger partial charge in [-0.05, 0) is 0 Å². The summed E-state index contributed by atoms with van der Waals surface area (Å²) in [5.41, 5.74) is 0. The summed E-state index contributed by atoms with van der Waals surface area (Å²) in [5.74, 6) is 0. The monoisotopic (exact) mass is 96.1 g/mol. The van der Waals surface area contributed by atoms with Crippen LogP contribution in [0.2, 0.25) is 0 Å². The average molecular weight is 96.2 g/mol. The van der Waals surface area contributed by atoms with Gasteiger partial charge in [-0.15, -0.1) is 0 Å². The zero-order valence-corrected chi connectivity index (χ0v) is 3.45. The highest BCUT2D eigenvalue weighted by Crippen LogP contribution is 0.666. The Morgan fingerprint density at radius 1 is 0.800 bits per heavy atom. The van der Waals surface area contributed by atoms with Crippen molar-refractivity contribution < 1.29 is 4.80 Å². The molecule has 0 saturated heterocycles. The number of rotatable bonds is 0. The molecule has 0 atom stereocenters. The second-order valence-electron chi connectivity index (χ2n) is 0. The largest absolute Gasteiger partial charge is 0.442 e. The maximum absolute atomic E-state index is 7.14. The van der Waals surface area contributed by atoms with Gasteiger partial charge in [0.05, 0.1) is 0 Å². The van der Waals surface area contributed by atoms with Gasteiger partial charge in [-0.2, -0.15) is 0 Å². The molecule has 1 N–H and O–H groups in total. The van der Waals surface area contributed by atoms with Crippen molar-refractivity contribution in [3.05, 3.63) is 0 Å². The maximum Gasteiger partial charge on any atom is 0.141 e. The van der Waals surface area contributed by atoms with Gasteiger partial charge in [-0.25, -0.2) is 0 Å². The Morgan fingerprint density at radius 3 is 0.800 bits per heavy atom. The SMILES string of the molecule is C.C.C.O[SiH3]. The van der Waals surface area contributed by atoms with Gasteiger partial charge in [0, 0.05) is 0 Å². The predicted molar refractivity (Wildman–Crippen MR) is 32.4 cm³/mol. The van der Waals surface area contributed by atoms with Crippen molar-refractivity contribution in [2.75, 3.05) is 0 Å². The molecule has 1 nitrogen and oxygen atoms in total. The van der Waals surface area contributed by atoms with Crippen molar-refractivity contribution in [1.29, 1.82) is 0 Å². The molecule has 0 amide bonds. The molecule has 38 valence electrons. The molecule has 0 bridgehead atoms. The Balaban J connectivity index is -0.00000000167. The molecule has 0 saturated carbocycles.